The second-order valence-corrected chi connectivity index (χ2v) is 8.04. The topological polar surface area (TPSA) is 98.5 Å². The Balaban J connectivity index is 2.45. The van der Waals surface area contributed by atoms with Crippen LogP contribution in [-0.2, 0) is 14.8 Å². The number of sulfonamides is 1. The maximum Gasteiger partial charge on any atom is 0.252 e. The molecule has 0 fully saturated rings. The van der Waals surface area contributed by atoms with Gasteiger partial charge in [-0.25, -0.2) is 13.6 Å². The Hall–Kier alpha value is -1.58. The number of nitrogens with one attached hydrogen (secondary N) is 1. The highest BCUT2D eigenvalue weighted by Crippen LogP contribution is 2.35. The van der Waals surface area contributed by atoms with Gasteiger partial charge in [0.15, 0.2) is 0 Å². The van der Waals surface area contributed by atoms with E-state index in [1.54, 1.807) is 0 Å². The Morgan fingerprint density at radius 2 is 1.96 bits per heavy atom. The van der Waals surface area contributed by atoms with Crippen LogP contribution in [0.1, 0.15) is 10.4 Å². The number of halogens is 1. The summed E-state index contributed by atoms with van der Waals surface area (Å²) in [6, 6.07) is 12.0. The van der Waals surface area contributed by atoms with Gasteiger partial charge in [0, 0.05) is 23.4 Å². The summed E-state index contributed by atoms with van der Waals surface area (Å²) in [4.78, 5) is 13.6. The number of carbonyl (C=O) groups is 1. The molecule has 0 heterocycles. The number of primary sulfonamides is 1. The monoisotopic (exact) mass is 400 g/mol. The van der Waals surface area contributed by atoms with E-state index in [2.05, 4.69) is 5.32 Å². The number of ether oxygens (including phenoxy) is 1. The lowest BCUT2D eigenvalue weighted by atomic mass is 10.2. The van der Waals surface area contributed by atoms with Gasteiger partial charge in [0.05, 0.1) is 17.2 Å². The molecule has 134 valence electrons. The molecule has 0 radical (unpaired) electrons. The van der Waals surface area contributed by atoms with E-state index in [1.807, 2.05) is 30.3 Å². The van der Waals surface area contributed by atoms with Gasteiger partial charge in [-0.3, -0.25) is 4.79 Å². The molecule has 2 aromatic carbocycles. The van der Waals surface area contributed by atoms with E-state index in [1.165, 1.54) is 31.0 Å². The summed E-state index contributed by atoms with van der Waals surface area (Å²) in [5.74, 6) is -0.433. The molecule has 0 aliphatic rings. The lowest BCUT2D eigenvalue weighted by molar-refractivity contribution is 0.0934. The van der Waals surface area contributed by atoms with Crippen molar-refractivity contribution in [3.05, 3.63) is 53.1 Å². The van der Waals surface area contributed by atoms with Crippen LogP contribution in [0.3, 0.4) is 0 Å². The average molecular weight is 401 g/mol. The van der Waals surface area contributed by atoms with Crippen LogP contribution in [0.5, 0.6) is 0 Å². The Bertz CT molecular complexity index is 858. The Kier molecular flexibility index (Phi) is 6.86. The van der Waals surface area contributed by atoms with Gasteiger partial charge in [0.2, 0.25) is 10.0 Å². The summed E-state index contributed by atoms with van der Waals surface area (Å²) in [5.41, 5.74) is 0.179. The first-order valence-electron chi connectivity index (χ1n) is 7.19. The smallest absolute Gasteiger partial charge is 0.252 e. The first-order valence-corrected chi connectivity index (χ1v) is 9.93. The molecule has 3 N–H and O–H groups in total. The molecule has 2 aromatic rings. The van der Waals surface area contributed by atoms with Crippen LogP contribution in [0.2, 0.25) is 5.02 Å². The summed E-state index contributed by atoms with van der Waals surface area (Å²) in [5, 5.41) is 7.82. The maximum absolute atomic E-state index is 12.5. The third-order valence-electron chi connectivity index (χ3n) is 3.15. The number of hydrogen-bond acceptors (Lipinski definition) is 5. The van der Waals surface area contributed by atoms with Crippen LogP contribution in [0, 0.1) is 0 Å². The normalized spacial score (nSPS) is 11.3. The van der Waals surface area contributed by atoms with E-state index in [0.717, 1.165) is 4.90 Å². The minimum absolute atomic E-state index is 0.0330. The number of hydrogen-bond donors (Lipinski definition) is 2. The molecule has 0 bridgehead atoms. The van der Waals surface area contributed by atoms with E-state index in [4.69, 9.17) is 21.5 Å². The standard InChI is InChI=1S/C16H17ClN2O4S2/c1-23-8-7-19-16(20)12-9-15(25(18,21)22)13(17)10-14(12)24-11-5-3-2-4-6-11/h2-6,9-10H,7-8H2,1H3,(H,19,20)(H2,18,21,22). The van der Waals surface area contributed by atoms with Crippen molar-refractivity contribution in [2.75, 3.05) is 20.3 Å². The summed E-state index contributed by atoms with van der Waals surface area (Å²) in [7, 11) is -2.53. The Labute approximate surface area is 155 Å². The highest BCUT2D eigenvalue weighted by Gasteiger charge is 2.21. The van der Waals surface area contributed by atoms with Crippen LogP contribution < -0.4 is 10.5 Å². The predicted molar refractivity (Wildman–Crippen MR) is 97.6 cm³/mol. The lowest BCUT2D eigenvalue weighted by Crippen LogP contribution is -2.28. The summed E-state index contributed by atoms with van der Waals surface area (Å²) in [6.45, 7) is 0.626. The minimum Gasteiger partial charge on any atom is -0.383 e. The molecule has 0 atom stereocenters. The number of rotatable bonds is 7. The molecular weight excluding hydrogens is 384 g/mol. The quantitative estimate of drug-likeness (QED) is 0.696. The van der Waals surface area contributed by atoms with Crippen LogP contribution in [0.15, 0.2) is 57.2 Å². The van der Waals surface area contributed by atoms with Crippen molar-refractivity contribution < 1.29 is 17.9 Å². The van der Waals surface area contributed by atoms with E-state index in [-0.39, 0.29) is 22.0 Å². The first kappa shape index (κ1) is 19.7. The first-order chi connectivity index (χ1) is 11.8. The van der Waals surface area contributed by atoms with Gasteiger partial charge in [-0.05, 0) is 24.3 Å². The second-order valence-electron chi connectivity index (χ2n) is 4.99. The minimum atomic E-state index is -4.05. The molecule has 0 saturated heterocycles. The van der Waals surface area contributed by atoms with Crippen molar-refractivity contribution in [3.8, 4) is 0 Å². The number of methoxy groups -OCH3 is 1. The summed E-state index contributed by atoms with van der Waals surface area (Å²) < 4.78 is 28.3. The van der Waals surface area contributed by atoms with Gasteiger partial charge in [0.25, 0.3) is 5.91 Å². The third kappa shape index (κ3) is 5.45. The molecule has 0 unspecified atom stereocenters. The van der Waals surface area contributed by atoms with Crippen molar-refractivity contribution in [1.82, 2.24) is 5.32 Å². The zero-order chi connectivity index (χ0) is 18.4. The Morgan fingerprint density at radius 1 is 1.28 bits per heavy atom. The van der Waals surface area contributed by atoms with Crippen LogP contribution >= 0.6 is 23.4 Å². The van der Waals surface area contributed by atoms with Crippen molar-refractivity contribution in [3.63, 3.8) is 0 Å². The second kappa shape index (κ2) is 8.68. The number of amides is 1. The molecule has 0 aromatic heterocycles. The van der Waals surface area contributed by atoms with Crippen molar-refractivity contribution in [2.45, 2.75) is 14.7 Å². The van der Waals surface area contributed by atoms with Crippen molar-refractivity contribution in [1.29, 1.82) is 0 Å². The zero-order valence-electron chi connectivity index (χ0n) is 13.4. The molecule has 6 nitrogen and oxygen atoms in total. The fraction of sp³-hybridized carbons (Fsp3) is 0.188. The molecule has 0 spiro atoms. The largest absolute Gasteiger partial charge is 0.383 e. The highest BCUT2D eigenvalue weighted by atomic mass is 35.5. The molecular formula is C16H17ClN2O4S2. The van der Waals surface area contributed by atoms with Gasteiger partial charge >= 0.3 is 0 Å². The SMILES string of the molecule is COCCNC(=O)c1cc(S(N)(=O)=O)c(Cl)cc1Sc1ccccc1. The number of nitrogens with two attached hydrogens (primary N) is 1. The lowest BCUT2D eigenvalue weighted by Gasteiger charge is -2.13. The van der Waals surface area contributed by atoms with Crippen molar-refractivity contribution >= 4 is 39.3 Å². The van der Waals surface area contributed by atoms with Crippen LogP contribution in [0.25, 0.3) is 0 Å². The molecule has 0 saturated carbocycles. The van der Waals surface area contributed by atoms with E-state index in [0.29, 0.717) is 11.5 Å². The van der Waals surface area contributed by atoms with Crippen molar-refractivity contribution in [2.24, 2.45) is 5.14 Å². The fourth-order valence-electron chi connectivity index (χ4n) is 1.99. The molecule has 0 aliphatic heterocycles. The average Bonchev–Trinajstić information content (AvgIpc) is 2.55. The van der Waals surface area contributed by atoms with Crippen LogP contribution in [0.4, 0.5) is 0 Å². The molecule has 9 heteroatoms. The van der Waals surface area contributed by atoms with Gasteiger partial charge < -0.3 is 10.1 Å². The number of benzene rings is 2. The highest BCUT2D eigenvalue weighted by molar-refractivity contribution is 7.99. The summed E-state index contributed by atoms with van der Waals surface area (Å²) in [6.07, 6.45) is 0. The zero-order valence-corrected chi connectivity index (χ0v) is 15.7. The van der Waals surface area contributed by atoms with Gasteiger partial charge in [-0.15, -0.1) is 0 Å². The van der Waals surface area contributed by atoms with Crippen LogP contribution in [-0.4, -0.2) is 34.6 Å². The number of carbonyl (C=O) groups excluding carboxylic acids is 1. The van der Waals surface area contributed by atoms with Gasteiger partial charge in [-0.2, -0.15) is 0 Å². The predicted octanol–water partition coefficient (Wildman–Crippen LogP) is 2.51. The molecule has 25 heavy (non-hydrogen) atoms. The van der Waals surface area contributed by atoms with E-state index >= 15 is 0 Å². The van der Waals surface area contributed by atoms with Gasteiger partial charge in [-0.1, -0.05) is 41.6 Å². The molecule has 1 amide bonds. The maximum atomic E-state index is 12.5. The van der Waals surface area contributed by atoms with E-state index in [9.17, 15) is 13.2 Å². The third-order valence-corrected chi connectivity index (χ3v) is 5.59. The molecule has 2 rings (SSSR count). The Morgan fingerprint density at radius 3 is 2.56 bits per heavy atom. The molecule has 0 aliphatic carbocycles. The van der Waals surface area contributed by atoms with Gasteiger partial charge in [0.1, 0.15) is 4.90 Å². The summed E-state index contributed by atoms with van der Waals surface area (Å²) >= 11 is 7.36. The fourth-order valence-corrected chi connectivity index (χ4v) is 4.14. The van der Waals surface area contributed by atoms with E-state index < -0.39 is 15.9 Å².